The summed E-state index contributed by atoms with van der Waals surface area (Å²) in [5, 5.41) is 21.4. The highest BCUT2D eigenvalue weighted by Gasteiger charge is 2.17. The van der Waals surface area contributed by atoms with Crippen LogP contribution in [0.3, 0.4) is 0 Å². The van der Waals surface area contributed by atoms with Gasteiger partial charge in [0.15, 0.2) is 0 Å². The van der Waals surface area contributed by atoms with Crippen molar-refractivity contribution in [3.8, 4) is 0 Å². The zero-order valence-corrected chi connectivity index (χ0v) is 22.8. The summed E-state index contributed by atoms with van der Waals surface area (Å²) >= 11 is 3.91. The van der Waals surface area contributed by atoms with E-state index in [0.29, 0.717) is 6.42 Å². The zero-order valence-electron chi connectivity index (χ0n) is 22.0. The quantitative estimate of drug-likeness (QED) is 0.116. The van der Waals surface area contributed by atoms with E-state index in [1.165, 1.54) is 83.5 Å². The number of thiol groups is 1. The number of hydrogen-bond donors (Lipinski definition) is 3. The molecule has 0 heterocycles. The van der Waals surface area contributed by atoms with Gasteiger partial charge in [0, 0.05) is 18.1 Å². The Morgan fingerprint density at radius 2 is 1.03 bits per heavy atom. The van der Waals surface area contributed by atoms with Gasteiger partial charge >= 0.3 is 5.97 Å². The van der Waals surface area contributed by atoms with Crippen molar-refractivity contribution in [3.05, 3.63) is 0 Å². The number of hydrogen-bond acceptors (Lipinski definition) is 5. The van der Waals surface area contributed by atoms with Gasteiger partial charge in [-0.3, -0.25) is 4.79 Å². The Kier molecular flexibility index (Phi) is 28.8. The van der Waals surface area contributed by atoms with Crippen molar-refractivity contribution in [1.29, 1.82) is 0 Å². The van der Waals surface area contributed by atoms with Crippen LogP contribution in [0.15, 0.2) is 0 Å². The van der Waals surface area contributed by atoms with Crippen LogP contribution in [-0.4, -0.2) is 34.7 Å². The lowest BCUT2D eigenvalue weighted by Gasteiger charge is -2.11. The van der Waals surface area contributed by atoms with Gasteiger partial charge in [0.1, 0.15) is 6.04 Å². The van der Waals surface area contributed by atoms with E-state index in [9.17, 15) is 19.5 Å². The SMILES string of the molecule is CCCCCCCCCCCC(=O)N[C@@H](CS)C(=O)O.CCCCCCCCCCCC(=O)[O-]. The third kappa shape index (κ3) is 28.8. The molecule has 0 bridgehead atoms. The van der Waals surface area contributed by atoms with Crippen molar-refractivity contribution >= 4 is 30.5 Å². The van der Waals surface area contributed by atoms with E-state index in [1.807, 2.05) is 0 Å². The van der Waals surface area contributed by atoms with Gasteiger partial charge in [0.25, 0.3) is 0 Å². The molecular formula is C27H52NO5S-. The van der Waals surface area contributed by atoms with Crippen LogP contribution in [0.1, 0.15) is 142 Å². The molecule has 0 aliphatic rings. The number of nitrogens with one attached hydrogen (secondary N) is 1. The van der Waals surface area contributed by atoms with Gasteiger partial charge < -0.3 is 20.3 Å². The minimum absolute atomic E-state index is 0.124. The summed E-state index contributed by atoms with van der Waals surface area (Å²) in [6.07, 6.45) is 22.4. The zero-order chi connectivity index (χ0) is 25.9. The molecule has 0 aromatic carbocycles. The lowest BCUT2D eigenvalue weighted by Crippen LogP contribution is -2.42. The third-order valence-corrected chi connectivity index (χ3v) is 6.17. The van der Waals surface area contributed by atoms with Crippen LogP contribution in [0, 0.1) is 0 Å². The molecule has 1 amide bonds. The molecule has 1 atom stereocenters. The average Bonchev–Trinajstić information content (AvgIpc) is 2.80. The summed E-state index contributed by atoms with van der Waals surface area (Å²) in [6.45, 7) is 4.44. The molecule has 202 valence electrons. The van der Waals surface area contributed by atoms with E-state index in [-0.39, 0.29) is 18.1 Å². The molecule has 0 saturated heterocycles. The number of carboxylic acids is 2. The predicted octanol–water partition coefficient (Wildman–Crippen LogP) is 6.06. The van der Waals surface area contributed by atoms with E-state index in [4.69, 9.17) is 5.11 Å². The maximum absolute atomic E-state index is 11.5. The van der Waals surface area contributed by atoms with Gasteiger partial charge in [-0.2, -0.15) is 12.6 Å². The minimum atomic E-state index is -1.03. The van der Waals surface area contributed by atoms with Crippen molar-refractivity contribution in [3.63, 3.8) is 0 Å². The van der Waals surface area contributed by atoms with E-state index < -0.39 is 18.0 Å². The molecule has 0 aromatic rings. The summed E-state index contributed by atoms with van der Waals surface area (Å²) in [5.74, 6) is -2.00. The fourth-order valence-electron chi connectivity index (χ4n) is 3.63. The van der Waals surface area contributed by atoms with Crippen molar-refractivity contribution in [2.75, 3.05) is 5.75 Å². The van der Waals surface area contributed by atoms with E-state index in [2.05, 4.69) is 31.8 Å². The lowest BCUT2D eigenvalue weighted by atomic mass is 10.1. The molecule has 0 saturated carbocycles. The standard InChI is InChI=1S/C15H29NO3S.C12H24O2/c1-2-3-4-5-6-7-8-9-10-11-14(17)16-13(12-20)15(18)19;1-2-3-4-5-6-7-8-9-10-11-12(13)14/h13,20H,2-12H2,1H3,(H,16,17)(H,18,19);2-11H2,1H3,(H,13,14)/p-1/t13-;/m0./s1. The lowest BCUT2D eigenvalue weighted by molar-refractivity contribution is -0.305. The van der Waals surface area contributed by atoms with Crippen molar-refractivity contribution in [2.45, 2.75) is 148 Å². The molecule has 34 heavy (non-hydrogen) atoms. The summed E-state index contributed by atoms with van der Waals surface area (Å²) in [7, 11) is 0. The summed E-state index contributed by atoms with van der Waals surface area (Å²) < 4.78 is 0. The molecule has 7 heteroatoms. The number of rotatable bonds is 23. The highest BCUT2D eigenvalue weighted by molar-refractivity contribution is 7.80. The van der Waals surface area contributed by atoms with E-state index >= 15 is 0 Å². The second-order valence-corrected chi connectivity index (χ2v) is 9.53. The van der Waals surface area contributed by atoms with Crippen LogP contribution < -0.4 is 10.4 Å². The highest BCUT2D eigenvalue weighted by Crippen LogP contribution is 2.11. The Hall–Kier alpha value is -1.24. The number of aliphatic carboxylic acids is 2. The Morgan fingerprint density at radius 3 is 1.35 bits per heavy atom. The number of unbranched alkanes of at least 4 members (excludes halogenated alkanes) is 16. The fourth-order valence-corrected chi connectivity index (χ4v) is 3.88. The molecule has 0 aliphatic heterocycles. The smallest absolute Gasteiger partial charge is 0.327 e. The molecule has 0 aromatic heterocycles. The third-order valence-electron chi connectivity index (χ3n) is 5.81. The summed E-state index contributed by atoms with van der Waals surface area (Å²) in [4.78, 5) is 32.3. The van der Waals surface area contributed by atoms with Crippen LogP contribution in [0.5, 0.6) is 0 Å². The minimum Gasteiger partial charge on any atom is -0.550 e. The Bertz CT molecular complexity index is 488. The van der Waals surface area contributed by atoms with Crippen LogP contribution in [0.4, 0.5) is 0 Å². The van der Waals surface area contributed by atoms with Gasteiger partial charge in [0.2, 0.25) is 5.91 Å². The van der Waals surface area contributed by atoms with E-state index in [0.717, 1.165) is 32.1 Å². The Balaban J connectivity index is 0. The first-order valence-electron chi connectivity index (χ1n) is 13.7. The van der Waals surface area contributed by atoms with E-state index in [1.54, 1.807) is 0 Å². The maximum Gasteiger partial charge on any atom is 0.327 e. The van der Waals surface area contributed by atoms with Gasteiger partial charge in [0.05, 0.1) is 0 Å². The normalized spacial score (nSPS) is 11.4. The molecule has 0 unspecified atom stereocenters. The molecular weight excluding hydrogens is 450 g/mol. The van der Waals surface area contributed by atoms with Gasteiger partial charge in [-0.15, -0.1) is 0 Å². The molecule has 0 fully saturated rings. The van der Waals surface area contributed by atoms with Crippen molar-refractivity contribution < 1.29 is 24.6 Å². The van der Waals surface area contributed by atoms with Gasteiger partial charge in [-0.1, -0.05) is 117 Å². The molecule has 0 spiro atoms. The summed E-state index contributed by atoms with van der Waals surface area (Å²) in [5.41, 5.74) is 0. The Labute approximate surface area is 214 Å². The first-order valence-corrected chi connectivity index (χ1v) is 14.3. The molecule has 0 aliphatic carbocycles. The average molecular weight is 503 g/mol. The van der Waals surface area contributed by atoms with Crippen LogP contribution in [-0.2, 0) is 14.4 Å². The number of carbonyl (C=O) groups is 3. The molecule has 2 N–H and O–H groups in total. The second kappa shape index (κ2) is 28.0. The van der Waals surface area contributed by atoms with Gasteiger partial charge in [-0.25, -0.2) is 4.79 Å². The molecule has 0 radical (unpaired) electrons. The van der Waals surface area contributed by atoms with Crippen LogP contribution in [0.25, 0.3) is 0 Å². The largest absolute Gasteiger partial charge is 0.550 e. The maximum atomic E-state index is 11.5. The Morgan fingerprint density at radius 1 is 0.676 bits per heavy atom. The predicted molar refractivity (Wildman–Crippen MR) is 142 cm³/mol. The molecule has 0 rings (SSSR count). The van der Waals surface area contributed by atoms with Crippen LogP contribution >= 0.6 is 12.6 Å². The van der Waals surface area contributed by atoms with Crippen molar-refractivity contribution in [2.24, 2.45) is 0 Å². The fraction of sp³-hybridized carbons (Fsp3) is 0.889. The summed E-state index contributed by atoms with van der Waals surface area (Å²) in [6, 6.07) is -0.871. The first kappa shape index (κ1) is 34.9. The highest BCUT2D eigenvalue weighted by atomic mass is 32.1. The van der Waals surface area contributed by atoms with Crippen LogP contribution in [0.2, 0.25) is 0 Å². The number of amides is 1. The molecule has 6 nitrogen and oxygen atoms in total. The van der Waals surface area contributed by atoms with Gasteiger partial charge in [-0.05, 0) is 19.3 Å². The topological polar surface area (TPSA) is 107 Å². The first-order chi connectivity index (χ1) is 16.4. The van der Waals surface area contributed by atoms with Crippen molar-refractivity contribution in [1.82, 2.24) is 5.32 Å². The number of carbonyl (C=O) groups excluding carboxylic acids is 2. The number of carboxylic acid groups (broad SMARTS) is 2. The second-order valence-electron chi connectivity index (χ2n) is 9.17. The monoisotopic (exact) mass is 502 g/mol.